The van der Waals surface area contributed by atoms with Gasteiger partial charge < -0.3 is 0 Å². The SMILES string of the molecule is Cc1cc(C)c(-c2c3cc(C(C)(C)C)cc4c(-c5c(C)cc(C)cc5C)c5cc(C(C)(C)C)cc6c7cc(C(C)(C)C)cc2c7[n+](c34)[c-]56)c(C)c1. The van der Waals surface area contributed by atoms with Gasteiger partial charge in [0.15, 0.2) is 16.6 Å². The Bertz CT molecular complexity index is 2500. The van der Waals surface area contributed by atoms with Gasteiger partial charge in [0.1, 0.15) is 0 Å². The average molecular weight is 670 g/mol. The van der Waals surface area contributed by atoms with Crippen molar-refractivity contribution in [3.05, 3.63) is 111 Å². The number of fused-ring (bicyclic) bond motifs is 1. The van der Waals surface area contributed by atoms with Gasteiger partial charge in [-0.25, -0.2) is 4.40 Å². The Hall–Kier alpha value is -4.36. The molecule has 8 rings (SSSR count). The molecule has 51 heavy (non-hydrogen) atoms. The third-order valence-electron chi connectivity index (χ3n) is 11.8. The van der Waals surface area contributed by atoms with E-state index in [4.69, 9.17) is 0 Å². The van der Waals surface area contributed by atoms with Crippen molar-refractivity contribution in [3.63, 3.8) is 0 Å². The van der Waals surface area contributed by atoms with Crippen molar-refractivity contribution in [1.29, 1.82) is 0 Å². The number of nitrogens with zero attached hydrogens (tertiary/aromatic N) is 1. The van der Waals surface area contributed by atoms with Crippen molar-refractivity contribution in [1.82, 2.24) is 0 Å². The molecule has 1 heteroatoms. The van der Waals surface area contributed by atoms with E-state index in [1.807, 2.05) is 0 Å². The van der Waals surface area contributed by atoms with Crippen LogP contribution < -0.4 is 4.40 Å². The summed E-state index contributed by atoms with van der Waals surface area (Å²) in [4.78, 5) is 0. The van der Waals surface area contributed by atoms with Gasteiger partial charge in [0, 0.05) is 16.2 Å². The first kappa shape index (κ1) is 33.8. The second kappa shape index (κ2) is 10.6. The minimum atomic E-state index is -0.0428. The highest BCUT2D eigenvalue weighted by Gasteiger charge is 2.33. The largest absolute Gasteiger partial charge is 0.226 e. The lowest BCUT2D eigenvalue weighted by atomic mass is 9.79. The second-order valence-electron chi connectivity index (χ2n) is 19.1. The van der Waals surface area contributed by atoms with Crippen LogP contribution in [0.4, 0.5) is 0 Å². The number of benzene rings is 5. The van der Waals surface area contributed by atoms with E-state index in [2.05, 4.69) is 169 Å². The molecule has 0 saturated heterocycles. The molecule has 1 nitrogen and oxygen atoms in total. The van der Waals surface area contributed by atoms with Gasteiger partial charge in [-0.2, -0.15) is 0 Å². The molecule has 0 unspecified atom stereocenters. The molecule has 0 aliphatic rings. The first-order valence-corrected chi connectivity index (χ1v) is 18.9. The summed E-state index contributed by atoms with van der Waals surface area (Å²) in [5, 5.41) is 8.18. The van der Waals surface area contributed by atoms with Crippen LogP contribution in [-0.2, 0) is 16.2 Å². The molecule has 0 N–H and O–H groups in total. The molecule has 0 atom stereocenters. The fraction of sp³-hybridized carbons (Fsp3) is 0.360. The monoisotopic (exact) mass is 669 g/mol. The van der Waals surface area contributed by atoms with Crippen LogP contribution in [0.3, 0.4) is 0 Å². The lowest BCUT2D eigenvalue weighted by molar-refractivity contribution is -0.444. The number of rotatable bonds is 2. The summed E-state index contributed by atoms with van der Waals surface area (Å²) in [6.45, 7) is 35.1. The number of aryl methyl sites for hydroxylation is 6. The van der Waals surface area contributed by atoms with E-state index in [0.717, 1.165) is 0 Å². The lowest BCUT2D eigenvalue weighted by Crippen LogP contribution is -2.26. The van der Waals surface area contributed by atoms with Gasteiger partial charge in [-0.3, -0.25) is 0 Å². The summed E-state index contributed by atoms with van der Waals surface area (Å²) < 4.78 is 2.69. The summed E-state index contributed by atoms with van der Waals surface area (Å²) in [7, 11) is 0. The summed E-state index contributed by atoms with van der Waals surface area (Å²) in [6.07, 6.45) is 0. The highest BCUT2D eigenvalue weighted by molar-refractivity contribution is 6.27. The molecule has 0 aliphatic carbocycles. The maximum Gasteiger partial charge on any atom is 0.177 e. The minimum absolute atomic E-state index is 0.0155. The molecular formula is C50H55N. The zero-order valence-electron chi connectivity index (χ0n) is 33.7. The van der Waals surface area contributed by atoms with Gasteiger partial charge in [0.05, 0.1) is 0 Å². The van der Waals surface area contributed by atoms with E-state index in [1.165, 1.54) is 121 Å². The van der Waals surface area contributed by atoms with E-state index in [1.54, 1.807) is 0 Å². The van der Waals surface area contributed by atoms with Gasteiger partial charge >= 0.3 is 0 Å². The summed E-state index contributed by atoms with van der Waals surface area (Å²) >= 11 is 0. The molecule has 0 radical (unpaired) electrons. The van der Waals surface area contributed by atoms with Gasteiger partial charge in [0.25, 0.3) is 0 Å². The van der Waals surface area contributed by atoms with Crippen molar-refractivity contribution >= 4 is 48.9 Å². The molecular weight excluding hydrogens is 615 g/mol. The van der Waals surface area contributed by atoms with Crippen molar-refractivity contribution in [3.8, 4) is 22.3 Å². The molecule has 0 spiro atoms. The van der Waals surface area contributed by atoms with E-state index < -0.39 is 0 Å². The standard InChI is InChI=1S/C50H55N/c1-26-16-28(3)41(29(4)17-26)43-37-22-32(48(7,8)9)20-35-36-21-33(49(10,11)12)23-38-44(42-30(5)18-27(2)19-31(42)6)40-25-34(50(13,14)15)24-39(43)47(40)51(45(35)37)46(36)38/h16-25H,1-15H3. The molecule has 0 saturated carbocycles. The molecule has 260 valence electrons. The summed E-state index contributed by atoms with van der Waals surface area (Å²) in [5.74, 6) is 0. The van der Waals surface area contributed by atoms with E-state index in [-0.39, 0.29) is 16.2 Å². The normalized spacial score (nSPS) is 13.4. The molecule has 3 aromatic heterocycles. The Balaban J connectivity index is 1.81. The first-order chi connectivity index (χ1) is 23.7. The van der Waals surface area contributed by atoms with Gasteiger partial charge in [-0.15, -0.1) is 0 Å². The summed E-state index contributed by atoms with van der Waals surface area (Å²) in [5.41, 5.74) is 21.7. The Kier molecular flexibility index (Phi) is 7.02. The van der Waals surface area contributed by atoms with Crippen LogP contribution in [0.5, 0.6) is 0 Å². The third kappa shape index (κ3) is 4.87. The predicted molar refractivity (Wildman–Crippen MR) is 223 cm³/mol. The fourth-order valence-electron chi connectivity index (χ4n) is 9.41. The number of aromatic nitrogens is 1. The van der Waals surface area contributed by atoms with Crippen molar-refractivity contribution in [2.24, 2.45) is 0 Å². The lowest BCUT2D eigenvalue weighted by Gasteiger charge is -2.27. The molecule has 0 aliphatic heterocycles. The highest BCUT2D eigenvalue weighted by atomic mass is 14.9. The van der Waals surface area contributed by atoms with Crippen LogP contribution in [0.1, 0.15) is 112 Å². The molecule has 0 amide bonds. The van der Waals surface area contributed by atoms with Crippen molar-refractivity contribution in [2.45, 2.75) is 120 Å². The average Bonchev–Trinajstić information content (AvgIpc) is 3.32. The molecule has 0 bridgehead atoms. The first-order valence-electron chi connectivity index (χ1n) is 18.9. The van der Waals surface area contributed by atoms with Crippen molar-refractivity contribution in [2.75, 3.05) is 0 Å². The Morgan fingerprint density at radius 3 is 1.14 bits per heavy atom. The Morgan fingerprint density at radius 2 is 0.706 bits per heavy atom. The third-order valence-corrected chi connectivity index (χ3v) is 11.8. The van der Waals surface area contributed by atoms with Gasteiger partial charge in [-0.1, -0.05) is 134 Å². The minimum Gasteiger partial charge on any atom is -0.226 e. The molecule has 0 fully saturated rings. The van der Waals surface area contributed by atoms with E-state index in [9.17, 15) is 0 Å². The van der Waals surface area contributed by atoms with Gasteiger partial charge in [-0.05, 0) is 136 Å². The summed E-state index contributed by atoms with van der Waals surface area (Å²) in [6, 6.07) is 24.8. The Labute approximate surface area is 305 Å². The Morgan fingerprint density at radius 1 is 0.373 bits per heavy atom. The quantitative estimate of drug-likeness (QED) is 0.0746. The van der Waals surface area contributed by atoms with E-state index >= 15 is 0 Å². The number of hydrogen-bond donors (Lipinski definition) is 0. The van der Waals surface area contributed by atoms with Crippen molar-refractivity contribution < 1.29 is 4.40 Å². The zero-order valence-corrected chi connectivity index (χ0v) is 33.7. The molecule has 3 heterocycles. The van der Waals surface area contributed by atoms with Crippen LogP contribution in [0.25, 0.3) is 71.1 Å². The number of pyridine rings is 2. The smallest absolute Gasteiger partial charge is 0.177 e. The maximum absolute atomic E-state index is 2.69. The van der Waals surface area contributed by atoms with Crippen LogP contribution in [0.2, 0.25) is 0 Å². The van der Waals surface area contributed by atoms with E-state index in [0.29, 0.717) is 0 Å². The second-order valence-corrected chi connectivity index (χ2v) is 19.1. The van der Waals surface area contributed by atoms with Crippen LogP contribution in [0.15, 0.2) is 60.7 Å². The fourth-order valence-corrected chi connectivity index (χ4v) is 9.41. The van der Waals surface area contributed by atoms with Crippen LogP contribution in [0, 0.1) is 41.5 Å². The molecule has 8 aromatic rings. The maximum atomic E-state index is 2.69. The zero-order chi connectivity index (χ0) is 36.9. The molecule has 5 aromatic carbocycles. The number of hydrogen-bond acceptors (Lipinski definition) is 0. The van der Waals surface area contributed by atoms with Gasteiger partial charge in [0.2, 0.25) is 0 Å². The van der Waals surface area contributed by atoms with Crippen LogP contribution >= 0.6 is 0 Å². The highest BCUT2D eigenvalue weighted by Crippen LogP contribution is 2.50. The predicted octanol–water partition coefficient (Wildman–Crippen LogP) is 13.7. The van der Waals surface area contributed by atoms with Crippen LogP contribution in [-0.4, -0.2) is 0 Å². The topological polar surface area (TPSA) is 4.10 Å².